The summed E-state index contributed by atoms with van der Waals surface area (Å²) in [7, 11) is 1.77. The first-order chi connectivity index (χ1) is 13.2. The highest BCUT2D eigenvalue weighted by molar-refractivity contribution is 7.99. The second-order valence-electron chi connectivity index (χ2n) is 6.51. The minimum absolute atomic E-state index is 0.0768. The molecule has 3 rings (SSSR count). The molecule has 7 nitrogen and oxygen atoms in total. The summed E-state index contributed by atoms with van der Waals surface area (Å²) in [6.45, 7) is 5.56. The zero-order valence-corrected chi connectivity index (χ0v) is 16.8. The van der Waals surface area contributed by atoms with Crippen molar-refractivity contribution in [3.8, 4) is 0 Å². The summed E-state index contributed by atoms with van der Waals surface area (Å²) in [5.74, 6) is -0.338. The molecule has 0 aliphatic heterocycles. The molecule has 0 saturated carbocycles. The highest BCUT2D eigenvalue weighted by Gasteiger charge is 2.19. The van der Waals surface area contributed by atoms with E-state index in [1.807, 2.05) is 31.2 Å². The van der Waals surface area contributed by atoms with Crippen LogP contribution in [0.3, 0.4) is 0 Å². The number of carbonyl (C=O) groups excluding carboxylic acids is 1. The fourth-order valence-electron chi connectivity index (χ4n) is 2.86. The summed E-state index contributed by atoms with van der Waals surface area (Å²) in [6.07, 6.45) is 0. The van der Waals surface area contributed by atoms with E-state index < -0.39 is 4.92 Å². The van der Waals surface area contributed by atoms with Gasteiger partial charge in [0.25, 0.3) is 11.6 Å². The van der Waals surface area contributed by atoms with Crippen molar-refractivity contribution in [3.63, 3.8) is 0 Å². The molecule has 0 atom stereocenters. The Kier molecular flexibility index (Phi) is 5.51. The molecule has 1 amide bonds. The summed E-state index contributed by atoms with van der Waals surface area (Å²) in [5, 5.41) is 18.4. The number of non-ortho nitro benzene ring substituents is 1. The Labute approximate surface area is 166 Å². The summed E-state index contributed by atoms with van der Waals surface area (Å²) in [6, 6.07) is 12.5. The first-order valence-electron chi connectivity index (χ1n) is 8.60. The van der Waals surface area contributed by atoms with Gasteiger partial charge >= 0.3 is 0 Å². The average molecular weight is 396 g/mol. The maximum Gasteiger partial charge on any atom is 0.272 e. The first kappa shape index (κ1) is 19.6. The second kappa shape index (κ2) is 7.85. The third-order valence-electron chi connectivity index (χ3n) is 4.35. The SMILES string of the molecule is Cc1ccc(Sc2cc(NC(=O)c3c(C)nn(C)c3C)cc([N+](=O)[O-])c2)cc1. The van der Waals surface area contributed by atoms with Crippen molar-refractivity contribution in [1.29, 1.82) is 0 Å². The average Bonchev–Trinajstić information content (AvgIpc) is 2.88. The number of amides is 1. The Bertz CT molecular complexity index is 1060. The lowest BCUT2D eigenvalue weighted by Gasteiger charge is -2.09. The van der Waals surface area contributed by atoms with Crippen LogP contribution in [0.1, 0.15) is 27.3 Å². The van der Waals surface area contributed by atoms with Gasteiger partial charge in [-0.25, -0.2) is 0 Å². The number of rotatable bonds is 5. The molecule has 0 radical (unpaired) electrons. The van der Waals surface area contributed by atoms with Crippen molar-refractivity contribution >= 4 is 29.0 Å². The fraction of sp³-hybridized carbons (Fsp3) is 0.200. The summed E-state index contributed by atoms with van der Waals surface area (Å²) >= 11 is 1.40. The minimum atomic E-state index is -0.463. The maximum atomic E-state index is 12.7. The van der Waals surface area contributed by atoms with E-state index in [1.54, 1.807) is 31.6 Å². The third kappa shape index (κ3) is 4.23. The number of nitro benzene ring substituents is 1. The van der Waals surface area contributed by atoms with Crippen LogP contribution in [0.15, 0.2) is 52.3 Å². The van der Waals surface area contributed by atoms with Gasteiger partial charge in [0.05, 0.1) is 16.2 Å². The van der Waals surface area contributed by atoms with Crippen LogP contribution in [0.5, 0.6) is 0 Å². The van der Waals surface area contributed by atoms with Crippen molar-refractivity contribution in [2.24, 2.45) is 7.05 Å². The molecule has 0 bridgehead atoms. The standard InChI is InChI=1S/C20H20N4O3S/c1-12-5-7-17(8-6-12)28-18-10-15(9-16(11-18)24(26)27)21-20(25)19-13(2)22-23(4)14(19)3/h5-11H,1-4H3,(H,21,25). The predicted octanol–water partition coefficient (Wildman–Crippen LogP) is 4.66. The molecule has 1 heterocycles. The number of nitrogens with one attached hydrogen (secondary N) is 1. The normalized spacial score (nSPS) is 10.7. The fourth-order valence-corrected chi connectivity index (χ4v) is 3.77. The molecule has 3 aromatic rings. The van der Waals surface area contributed by atoms with Gasteiger partial charge in [-0.1, -0.05) is 29.5 Å². The van der Waals surface area contributed by atoms with Gasteiger partial charge in [0, 0.05) is 40.4 Å². The van der Waals surface area contributed by atoms with Gasteiger partial charge < -0.3 is 5.32 Å². The third-order valence-corrected chi connectivity index (χ3v) is 5.33. The van der Waals surface area contributed by atoms with Crippen LogP contribution in [-0.2, 0) is 7.05 Å². The van der Waals surface area contributed by atoms with Crippen molar-refractivity contribution in [1.82, 2.24) is 9.78 Å². The molecular formula is C20H20N4O3S. The number of benzene rings is 2. The zero-order chi connectivity index (χ0) is 20.4. The molecule has 144 valence electrons. The highest BCUT2D eigenvalue weighted by atomic mass is 32.2. The van der Waals surface area contributed by atoms with Crippen LogP contribution in [-0.4, -0.2) is 20.6 Å². The van der Waals surface area contributed by atoms with Crippen LogP contribution >= 0.6 is 11.8 Å². The molecule has 0 spiro atoms. The molecule has 0 aliphatic rings. The number of carbonyl (C=O) groups is 1. The molecule has 28 heavy (non-hydrogen) atoms. The number of aryl methyl sites for hydroxylation is 3. The van der Waals surface area contributed by atoms with Gasteiger partial charge in [-0.3, -0.25) is 19.6 Å². The first-order valence-corrected chi connectivity index (χ1v) is 9.42. The number of anilines is 1. The van der Waals surface area contributed by atoms with Crippen molar-refractivity contribution < 1.29 is 9.72 Å². The number of nitro groups is 1. The molecule has 0 unspecified atom stereocenters. The summed E-state index contributed by atoms with van der Waals surface area (Å²) < 4.78 is 1.64. The van der Waals surface area contributed by atoms with Crippen LogP contribution in [0.25, 0.3) is 0 Å². The quantitative estimate of drug-likeness (QED) is 0.500. The van der Waals surface area contributed by atoms with Gasteiger partial charge in [0.2, 0.25) is 0 Å². The molecule has 1 N–H and O–H groups in total. The number of hydrogen-bond acceptors (Lipinski definition) is 5. The van der Waals surface area contributed by atoms with Crippen molar-refractivity contribution in [3.05, 3.63) is 75.1 Å². The van der Waals surface area contributed by atoms with Gasteiger partial charge in [0.15, 0.2) is 0 Å². The molecule has 0 saturated heterocycles. The van der Waals surface area contributed by atoms with Gasteiger partial charge in [-0.2, -0.15) is 5.10 Å². The topological polar surface area (TPSA) is 90.1 Å². The van der Waals surface area contributed by atoms with E-state index in [2.05, 4.69) is 10.4 Å². The Morgan fingerprint density at radius 1 is 1.11 bits per heavy atom. The molecule has 1 aromatic heterocycles. The highest BCUT2D eigenvalue weighted by Crippen LogP contribution is 2.33. The lowest BCUT2D eigenvalue weighted by molar-refractivity contribution is -0.385. The lowest BCUT2D eigenvalue weighted by atomic mass is 10.1. The largest absolute Gasteiger partial charge is 0.322 e. The summed E-state index contributed by atoms with van der Waals surface area (Å²) in [4.78, 5) is 25.2. The number of aromatic nitrogens is 2. The summed E-state index contributed by atoms with van der Waals surface area (Å²) in [5.41, 5.74) is 3.25. The molecular weight excluding hydrogens is 376 g/mol. The van der Waals surface area contributed by atoms with E-state index in [9.17, 15) is 14.9 Å². The number of nitrogens with zero attached hydrogens (tertiary/aromatic N) is 3. The van der Waals surface area contributed by atoms with Crippen molar-refractivity contribution in [2.45, 2.75) is 30.6 Å². The lowest BCUT2D eigenvalue weighted by Crippen LogP contribution is -2.14. The van der Waals surface area contributed by atoms with E-state index in [0.29, 0.717) is 21.8 Å². The molecule has 0 fully saturated rings. The van der Waals surface area contributed by atoms with Gasteiger partial charge in [0.1, 0.15) is 0 Å². The number of hydrogen-bond donors (Lipinski definition) is 1. The minimum Gasteiger partial charge on any atom is -0.322 e. The Hall–Kier alpha value is -3.13. The Balaban J connectivity index is 1.91. The van der Waals surface area contributed by atoms with Crippen LogP contribution in [0, 0.1) is 30.9 Å². The molecule has 2 aromatic carbocycles. The second-order valence-corrected chi connectivity index (χ2v) is 7.66. The molecule has 0 aliphatic carbocycles. The van der Waals surface area contributed by atoms with Gasteiger partial charge in [-0.05, 0) is 39.0 Å². The van der Waals surface area contributed by atoms with E-state index >= 15 is 0 Å². The molecule has 8 heteroatoms. The zero-order valence-electron chi connectivity index (χ0n) is 16.0. The Morgan fingerprint density at radius 2 is 1.79 bits per heavy atom. The van der Waals surface area contributed by atoms with E-state index in [4.69, 9.17) is 0 Å². The van der Waals surface area contributed by atoms with E-state index in [-0.39, 0.29) is 11.6 Å². The maximum absolute atomic E-state index is 12.7. The van der Waals surface area contributed by atoms with E-state index in [1.165, 1.54) is 23.9 Å². The van der Waals surface area contributed by atoms with Crippen molar-refractivity contribution in [2.75, 3.05) is 5.32 Å². The predicted molar refractivity (Wildman–Crippen MR) is 109 cm³/mol. The van der Waals surface area contributed by atoms with Crippen LogP contribution in [0.2, 0.25) is 0 Å². The van der Waals surface area contributed by atoms with Crippen LogP contribution < -0.4 is 5.32 Å². The van der Waals surface area contributed by atoms with E-state index in [0.717, 1.165) is 16.2 Å². The van der Waals surface area contributed by atoms with Gasteiger partial charge in [-0.15, -0.1) is 0 Å². The monoisotopic (exact) mass is 396 g/mol. The smallest absolute Gasteiger partial charge is 0.272 e. The Morgan fingerprint density at radius 3 is 2.36 bits per heavy atom. The van der Waals surface area contributed by atoms with Crippen LogP contribution in [0.4, 0.5) is 11.4 Å².